The number of ether oxygens (including phenoxy) is 1. The highest BCUT2D eigenvalue weighted by Crippen LogP contribution is 2.23. The molecule has 0 aliphatic carbocycles. The third-order valence-corrected chi connectivity index (χ3v) is 3.28. The van der Waals surface area contributed by atoms with E-state index in [2.05, 4.69) is 10.3 Å². The Morgan fingerprint density at radius 3 is 2.63 bits per heavy atom. The lowest BCUT2D eigenvalue weighted by molar-refractivity contribution is 0.305. The highest BCUT2D eigenvalue weighted by atomic mass is 35.5. The Hall–Kier alpha value is -1.29. The van der Waals surface area contributed by atoms with Crippen molar-refractivity contribution in [2.24, 2.45) is 0 Å². The van der Waals surface area contributed by atoms with Gasteiger partial charge in [0.15, 0.2) is 0 Å². The zero-order chi connectivity index (χ0) is 13.7. The molecule has 1 heterocycles. The number of hydrogen-bond donors (Lipinski definition) is 1. The summed E-state index contributed by atoms with van der Waals surface area (Å²) in [5.74, 6) is 0.728. The Bertz CT molecular complexity index is 544. The molecule has 0 atom stereocenters. The maximum absolute atomic E-state index is 5.94. The van der Waals surface area contributed by atoms with Gasteiger partial charge in [-0.05, 0) is 36.9 Å². The lowest BCUT2D eigenvalue weighted by atomic mass is 10.2. The number of nitrogens with zero attached hydrogens (tertiary/aromatic N) is 1. The van der Waals surface area contributed by atoms with Gasteiger partial charge in [-0.15, -0.1) is 0 Å². The molecule has 100 valence electrons. The second kappa shape index (κ2) is 6.75. The Kier molecular flexibility index (Phi) is 5.02. The van der Waals surface area contributed by atoms with Crippen molar-refractivity contribution in [1.82, 2.24) is 10.3 Å². The fourth-order valence-electron chi connectivity index (χ4n) is 1.58. The SMILES string of the molecule is CNCc1ccc(OCc2ccc(Cl)c(Cl)c2)cn1. The molecular weight excluding hydrogens is 283 g/mol. The number of pyridine rings is 1. The lowest BCUT2D eigenvalue weighted by Crippen LogP contribution is -2.06. The first-order chi connectivity index (χ1) is 9.19. The van der Waals surface area contributed by atoms with Crippen LogP contribution in [0.2, 0.25) is 10.0 Å². The molecule has 0 aliphatic rings. The number of benzene rings is 1. The van der Waals surface area contributed by atoms with Gasteiger partial charge >= 0.3 is 0 Å². The molecule has 0 spiro atoms. The summed E-state index contributed by atoms with van der Waals surface area (Å²) in [6, 6.07) is 9.28. The average Bonchev–Trinajstić information content (AvgIpc) is 2.42. The Labute approximate surface area is 122 Å². The molecule has 0 amide bonds. The van der Waals surface area contributed by atoms with Crippen molar-refractivity contribution in [3.8, 4) is 5.75 Å². The summed E-state index contributed by atoms with van der Waals surface area (Å²) >= 11 is 11.8. The monoisotopic (exact) mass is 296 g/mol. The molecule has 0 radical (unpaired) electrons. The van der Waals surface area contributed by atoms with Crippen LogP contribution in [0, 0.1) is 0 Å². The molecule has 0 unspecified atom stereocenters. The quantitative estimate of drug-likeness (QED) is 0.914. The maximum atomic E-state index is 5.94. The molecule has 2 aromatic rings. The summed E-state index contributed by atoms with van der Waals surface area (Å²) in [7, 11) is 1.89. The van der Waals surface area contributed by atoms with Crippen LogP contribution in [0.3, 0.4) is 0 Å². The maximum Gasteiger partial charge on any atom is 0.138 e. The minimum absolute atomic E-state index is 0.434. The first kappa shape index (κ1) is 14.1. The number of aromatic nitrogens is 1. The minimum atomic E-state index is 0.434. The van der Waals surface area contributed by atoms with E-state index < -0.39 is 0 Å². The predicted octanol–water partition coefficient (Wildman–Crippen LogP) is 3.69. The zero-order valence-corrected chi connectivity index (χ0v) is 12.0. The Morgan fingerprint density at radius 2 is 2.00 bits per heavy atom. The zero-order valence-electron chi connectivity index (χ0n) is 10.5. The third kappa shape index (κ3) is 4.10. The van der Waals surface area contributed by atoms with E-state index in [1.54, 1.807) is 18.3 Å². The Morgan fingerprint density at radius 1 is 1.16 bits per heavy atom. The normalized spacial score (nSPS) is 10.5. The molecule has 2 rings (SSSR count). The molecular formula is C14H14Cl2N2O. The van der Waals surface area contributed by atoms with Gasteiger partial charge in [0, 0.05) is 6.54 Å². The molecule has 19 heavy (non-hydrogen) atoms. The van der Waals surface area contributed by atoms with Crippen LogP contribution >= 0.6 is 23.2 Å². The fourth-order valence-corrected chi connectivity index (χ4v) is 1.90. The molecule has 0 bridgehead atoms. The van der Waals surface area contributed by atoms with E-state index in [9.17, 15) is 0 Å². The number of halogens is 2. The van der Waals surface area contributed by atoms with Crippen LogP contribution in [0.15, 0.2) is 36.5 Å². The van der Waals surface area contributed by atoms with Crippen molar-refractivity contribution in [1.29, 1.82) is 0 Å². The van der Waals surface area contributed by atoms with Crippen molar-refractivity contribution in [3.05, 3.63) is 57.8 Å². The van der Waals surface area contributed by atoms with E-state index in [1.807, 2.05) is 25.2 Å². The van der Waals surface area contributed by atoms with Gasteiger partial charge < -0.3 is 10.1 Å². The number of hydrogen-bond acceptors (Lipinski definition) is 3. The van der Waals surface area contributed by atoms with Crippen molar-refractivity contribution in [2.45, 2.75) is 13.2 Å². The van der Waals surface area contributed by atoms with Crippen molar-refractivity contribution in [3.63, 3.8) is 0 Å². The van der Waals surface area contributed by atoms with Crippen LogP contribution in [-0.2, 0) is 13.2 Å². The van der Waals surface area contributed by atoms with Gasteiger partial charge in [-0.3, -0.25) is 4.98 Å². The van der Waals surface area contributed by atoms with E-state index in [4.69, 9.17) is 27.9 Å². The smallest absolute Gasteiger partial charge is 0.138 e. The summed E-state index contributed by atoms with van der Waals surface area (Å²) in [4.78, 5) is 4.28. The summed E-state index contributed by atoms with van der Waals surface area (Å²) < 4.78 is 5.64. The molecule has 0 saturated carbocycles. The first-order valence-corrected chi connectivity index (χ1v) is 6.61. The van der Waals surface area contributed by atoms with E-state index >= 15 is 0 Å². The van der Waals surface area contributed by atoms with Crippen LogP contribution < -0.4 is 10.1 Å². The van der Waals surface area contributed by atoms with Crippen molar-refractivity contribution in [2.75, 3.05) is 7.05 Å². The molecule has 1 aromatic carbocycles. The predicted molar refractivity (Wildman–Crippen MR) is 77.8 cm³/mol. The van der Waals surface area contributed by atoms with Gasteiger partial charge in [0.25, 0.3) is 0 Å². The van der Waals surface area contributed by atoms with Crippen LogP contribution in [-0.4, -0.2) is 12.0 Å². The molecule has 3 nitrogen and oxygen atoms in total. The van der Waals surface area contributed by atoms with E-state index in [-0.39, 0.29) is 0 Å². The van der Waals surface area contributed by atoms with Crippen LogP contribution in [0.5, 0.6) is 5.75 Å². The number of rotatable bonds is 5. The van der Waals surface area contributed by atoms with E-state index in [1.165, 1.54) is 0 Å². The summed E-state index contributed by atoms with van der Waals surface area (Å²) in [6.45, 7) is 1.18. The van der Waals surface area contributed by atoms with Crippen LogP contribution in [0.1, 0.15) is 11.3 Å². The fraction of sp³-hybridized carbons (Fsp3) is 0.214. The topological polar surface area (TPSA) is 34.1 Å². The van der Waals surface area contributed by atoms with Crippen LogP contribution in [0.4, 0.5) is 0 Å². The highest BCUT2D eigenvalue weighted by molar-refractivity contribution is 6.42. The first-order valence-electron chi connectivity index (χ1n) is 5.85. The number of nitrogens with one attached hydrogen (secondary N) is 1. The largest absolute Gasteiger partial charge is 0.487 e. The molecule has 1 N–H and O–H groups in total. The second-order valence-electron chi connectivity index (χ2n) is 4.05. The van der Waals surface area contributed by atoms with E-state index in [0.29, 0.717) is 16.7 Å². The molecule has 1 aromatic heterocycles. The molecule has 0 saturated heterocycles. The highest BCUT2D eigenvalue weighted by Gasteiger charge is 2.01. The summed E-state index contributed by atoms with van der Waals surface area (Å²) in [5.41, 5.74) is 1.94. The standard InChI is InChI=1S/C14H14Cl2N2O/c1-17-7-11-3-4-12(8-18-11)19-9-10-2-5-13(15)14(16)6-10/h2-6,8,17H,7,9H2,1H3. The average molecular weight is 297 g/mol. The lowest BCUT2D eigenvalue weighted by Gasteiger charge is -2.07. The second-order valence-corrected chi connectivity index (χ2v) is 4.87. The van der Waals surface area contributed by atoms with Gasteiger partial charge in [-0.25, -0.2) is 0 Å². The van der Waals surface area contributed by atoms with Gasteiger partial charge in [0.1, 0.15) is 12.4 Å². The van der Waals surface area contributed by atoms with Gasteiger partial charge in [-0.1, -0.05) is 29.3 Å². The van der Waals surface area contributed by atoms with Gasteiger partial charge in [0.2, 0.25) is 0 Å². The summed E-state index contributed by atoms with van der Waals surface area (Å²) in [6.07, 6.45) is 1.71. The Balaban J connectivity index is 1.96. The summed E-state index contributed by atoms with van der Waals surface area (Å²) in [5, 5.41) is 4.12. The van der Waals surface area contributed by atoms with Gasteiger partial charge in [-0.2, -0.15) is 0 Å². The van der Waals surface area contributed by atoms with E-state index in [0.717, 1.165) is 23.6 Å². The van der Waals surface area contributed by atoms with Crippen molar-refractivity contribution >= 4 is 23.2 Å². The van der Waals surface area contributed by atoms with Gasteiger partial charge in [0.05, 0.1) is 21.9 Å². The minimum Gasteiger partial charge on any atom is -0.487 e. The molecule has 0 fully saturated rings. The van der Waals surface area contributed by atoms with Crippen molar-refractivity contribution < 1.29 is 4.74 Å². The van der Waals surface area contributed by atoms with Crippen LogP contribution in [0.25, 0.3) is 0 Å². The molecule has 5 heteroatoms. The molecule has 0 aliphatic heterocycles. The third-order valence-electron chi connectivity index (χ3n) is 2.55.